The van der Waals surface area contributed by atoms with Crippen LogP contribution in [0.15, 0.2) is 71.4 Å². The maximum atomic E-state index is 15.6. The Morgan fingerprint density at radius 2 is 1.61 bits per heavy atom. The summed E-state index contributed by atoms with van der Waals surface area (Å²) in [5.74, 6) is -5.20. The number of rotatable bonds is 26. The molecule has 0 unspecified atom stereocenters. The molecular formula is C59H71F2N9O15S4. The summed E-state index contributed by atoms with van der Waals surface area (Å²) in [5, 5.41) is 8.90. The van der Waals surface area contributed by atoms with Gasteiger partial charge in [-0.3, -0.25) is 24.0 Å². The first-order chi connectivity index (χ1) is 41.9. The third kappa shape index (κ3) is 17.5. The van der Waals surface area contributed by atoms with E-state index in [0.29, 0.717) is 38.9 Å². The number of pyridine rings is 2. The fourth-order valence-electron chi connectivity index (χ4n) is 10.3. The van der Waals surface area contributed by atoms with Gasteiger partial charge in [0.05, 0.1) is 84.6 Å². The SMILES string of the molecule is Cc1ncsc1-c1ccc(CNC(=O)[C@@H]2C[C@@H](OC(=O)OCC(C)(C)SS(C)(=O)=O)CN2C(=O)[C@@H](NC(=O)COCCOCCOCCNC(=O)c2cc3c(cc2CS(C)(=O)=O)-c2cn(C)c(=O)c4[nH]cc(c24)CN3c2ncc(F)cc2F)C(C)(C)C)cc1. The van der Waals surface area contributed by atoms with Gasteiger partial charge < -0.3 is 59.0 Å². The number of H-pyrrole nitrogens is 1. The molecule has 0 radical (unpaired) electrons. The number of hydrogen-bond donors (Lipinski definition) is 4. The van der Waals surface area contributed by atoms with Gasteiger partial charge in [0.2, 0.25) is 17.7 Å². The van der Waals surface area contributed by atoms with Crippen molar-refractivity contribution in [1.82, 2.24) is 40.4 Å². The highest BCUT2D eigenvalue weighted by Gasteiger charge is 2.46. The van der Waals surface area contributed by atoms with Crippen LogP contribution in [0.1, 0.15) is 73.8 Å². The van der Waals surface area contributed by atoms with Crippen molar-refractivity contribution < 1.29 is 73.3 Å². The Morgan fingerprint density at radius 1 is 0.910 bits per heavy atom. The van der Waals surface area contributed by atoms with Crippen molar-refractivity contribution >= 4 is 93.0 Å². The van der Waals surface area contributed by atoms with Gasteiger partial charge >= 0.3 is 6.16 Å². The summed E-state index contributed by atoms with van der Waals surface area (Å²) >= 11 is 1.51. The molecule has 1 fully saturated rings. The van der Waals surface area contributed by atoms with Crippen LogP contribution in [0.5, 0.6) is 0 Å². The number of hydrogen-bond acceptors (Lipinski definition) is 20. The molecule has 480 valence electrons. The first-order valence-corrected chi connectivity index (χ1v) is 34.3. The van der Waals surface area contributed by atoms with Crippen LogP contribution >= 0.6 is 22.1 Å². The second-order valence-corrected chi connectivity index (χ2v) is 31.3. The lowest BCUT2D eigenvalue weighted by molar-refractivity contribution is -0.144. The molecule has 4 N–H and O–H groups in total. The van der Waals surface area contributed by atoms with E-state index >= 15 is 4.39 Å². The number of nitrogens with zero attached hydrogens (tertiary/aromatic N) is 5. The van der Waals surface area contributed by atoms with E-state index in [9.17, 15) is 50.0 Å². The van der Waals surface area contributed by atoms with Crippen LogP contribution < -0.4 is 26.4 Å². The Hall–Kier alpha value is -7.35. The molecule has 24 nitrogen and oxygen atoms in total. The zero-order valence-electron chi connectivity index (χ0n) is 50.5. The maximum Gasteiger partial charge on any atom is 0.508 e. The van der Waals surface area contributed by atoms with Crippen LogP contribution in [0, 0.1) is 24.0 Å². The minimum atomic E-state index is -3.74. The second-order valence-electron chi connectivity index (χ2n) is 23.3. The minimum Gasteiger partial charge on any atom is -0.433 e. The number of ether oxygens (including phenoxy) is 5. The number of nitrogens with one attached hydrogen (secondary N) is 4. The lowest BCUT2D eigenvalue weighted by atomic mass is 9.85. The van der Waals surface area contributed by atoms with E-state index in [2.05, 4.69) is 30.9 Å². The zero-order valence-corrected chi connectivity index (χ0v) is 53.8. The quantitative estimate of drug-likeness (QED) is 0.0273. The van der Waals surface area contributed by atoms with Gasteiger partial charge in [-0.15, -0.1) is 11.3 Å². The molecule has 6 aromatic rings. The van der Waals surface area contributed by atoms with Crippen molar-refractivity contribution in [2.24, 2.45) is 12.5 Å². The summed E-state index contributed by atoms with van der Waals surface area (Å²) in [6.45, 7) is 9.49. The van der Waals surface area contributed by atoms with Crippen molar-refractivity contribution in [3.05, 3.63) is 117 Å². The number of benzene rings is 2. The zero-order chi connectivity index (χ0) is 64.8. The molecule has 2 aromatic carbocycles. The lowest BCUT2D eigenvalue weighted by Crippen LogP contribution is -2.58. The highest BCUT2D eigenvalue weighted by molar-refractivity contribution is 8.72. The number of aromatic amines is 1. The van der Waals surface area contributed by atoms with E-state index < -0.39 is 101 Å². The first-order valence-electron chi connectivity index (χ1n) is 28.1. The summed E-state index contributed by atoms with van der Waals surface area (Å²) in [6, 6.07) is 8.88. The van der Waals surface area contributed by atoms with Gasteiger partial charge in [-0.1, -0.05) is 45.0 Å². The van der Waals surface area contributed by atoms with Gasteiger partial charge in [-0.25, -0.2) is 40.4 Å². The van der Waals surface area contributed by atoms with Crippen molar-refractivity contribution in [3.63, 3.8) is 0 Å². The van der Waals surface area contributed by atoms with Gasteiger partial charge in [0.1, 0.15) is 42.7 Å². The summed E-state index contributed by atoms with van der Waals surface area (Å²) in [7, 11) is -5.06. The van der Waals surface area contributed by atoms with E-state index in [-0.39, 0.29) is 106 Å². The van der Waals surface area contributed by atoms with Crippen LogP contribution in [0.2, 0.25) is 0 Å². The Balaban J connectivity index is 0.825. The van der Waals surface area contributed by atoms with Gasteiger partial charge in [-0.05, 0) is 71.4 Å². The fourth-order valence-corrected chi connectivity index (χ4v) is 15.5. The number of anilines is 2. The predicted molar refractivity (Wildman–Crippen MR) is 331 cm³/mol. The molecule has 2 aliphatic rings. The summed E-state index contributed by atoms with van der Waals surface area (Å²) < 4.78 is 107. The Bertz CT molecular complexity index is 3930. The van der Waals surface area contributed by atoms with Crippen LogP contribution in [-0.4, -0.2) is 166 Å². The number of aryl methyl sites for hydroxylation is 2. The maximum absolute atomic E-state index is 15.6. The number of aromatic nitrogens is 4. The standard InChI is InChI=1S/C59H71F2N9O15S4/c1-34-50(86-33-66-34)36-12-10-35(11-13-36)24-65-54(73)46-22-40(85-57(76)84-32-59(5,6)87-89(9,79)80)28-70(46)56(75)51(58(2,3)4)67-47(71)30-83-19-18-82-17-16-81-15-14-62-53(72)41-23-45-42(20-37(41)31-88(8,77)78)43-29-68(7)55(74)49-48(43)38(25-63-49)27-69(45)52-44(61)21-39(60)26-64-52/h10-13,20-21,23,25-26,29,33,40,46,51,63H,14-19,22,24,27-28,30-32H2,1-9H3,(H,62,72)(H,65,73)(H,67,71)/t40-,46+,51-/m1/s1. The largest absolute Gasteiger partial charge is 0.508 e. The number of likely N-dealkylation sites (tertiary alicyclic amines) is 1. The molecule has 4 aromatic heterocycles. The van der Waals surface area contributed by atoms with E-state index in [1.165, 1.54) is 37.8 Å². The van der Waals surface area contributed by atoms with Crippen LogP contribution in [0.3, 0.4) is 0 Å². The molecule has 3 atom stereocenters. The highest BCUT2D eigenvalue weighted by Crippen LogP contribution is 2.45. The number of carbonyl (C=O) groups excluding carboxylic acids is 5. The number of thiazole rings is 1. The van der Waals surface area contributed by atoms with Crippen molar-refractivity contribution in [2.75, 3.05) is 76.7 Å². The average Bonchev–Trinajstić information content (AvgIpc) is 1.64. The van der Waals surface area contributed by atoms with E-state index in [4.69, 9.17) is 23.7 Å². The molecule has 89 heavy (non-hydrogen) atoms. The molecule has 30 heteroatoms. The van der Waals surface area contributed by atoms with Crippen molar-refractivity contribution in [2.45, 2.75) is 89.7 Å². The fraction of sp³-hybridized carbons (Fsp3) is 0.458. The molecule has 6 heterocycles. The summed E-state index contributed by atoms with van der Waals surface area (Å²) in [6.07, 6.45) is 3.84. The van der Waals surface area contributed by atoms with Gasteiger partial charge in [0.15, 0.2) is 30.3 Å². The van der Waals surface area contributed by atoms with Crippen molar-refractivity contribution in [3.8, 4) is 21.6 Å². The van der Waals surface area contributed by atoms with Crippen LogP contribution in [0.25, 0.3) is 32.5 Å². The monoisotopic (exact) mass is 1310 g/mol. The van der Waals surface area contributed by atoms with Crippen LogP contribution in [-0.2, 0) is 82.7 Å². The molecule has 0 spiro atoms. The summed E-state index contributed by atoms with van der Waals surface area (Å²) in [4.78, 5) is 97.2. The van der Waals surface area contributed by atoms with E-state index in [1.54, 1.807) is 59.6 Å². The third-order valence-corrected chi connectivity index (χ3v) is 19.3. The average molecular weight is 1310 g/mol. The molecular weight excluding hydrogens is 1240 g/mol. The highest BCUT2D eigenvalue weighted by atomic mass is 33.1. The lowest BCUT2D eigenvalue weighted by Gasteiger charge is -2.35. The van der Waals surface area contributed by atoms with Gasteiger partial charge in [0.25, 0.3) is 11.5 Å². The molecule has 0 bridgehead atoms. The number of carbonyl (C=O) groups is 5. The van der Waals surface area contributed by atoms with Gasteiger partial charge in [-0.2, -0.15) is 0 Å². The number of amides is 4. The Labute approximate surface area is 521 Å². The number of sulfone groups is 1. The topological polar surface area (TPSA) is 306 Å². The number of fused-ring (bicyclic) bond motifs is 2. The normalized spacial score (nSPS) is 15.5. The van der Waals surface area contributed by atoms with Crippen LogP contribution in [0.4, 0.5) is 25.1 Å². The molecule has 1 saturated heterocycles. The smallest absolute Gasteiger partial charge is 0.433 e. The van der Waals surface area contributed by atoms with Crippen molar-refractivity contribution in [1.29, 1.82) is 0 Å². The van der Waals surface area contributed by atoms with E-state index in [0.717, 1.165) is 40.4 Å². The Kier molecular flexibility index (Phi) is 21.4. The summed E-state index contributed by atoms with van der Waals surface area (Å²) in [5.41, 5.74) is 5.17. The molecule has 8 rings (SSSR count). The third-order valence-electron chi connectivity index (χ3n) is 14.3. The molecule has 0 saturated carbocycles. The molecule has 0 aliphatic carbocycles. The minimum absolute atomic E-state index is 0.00691. The predicted octanol–water partition coefficient (Wildman–Crippen LogP) is 6.06. The molecule has 2 aliphatic heterocycles. The number of halogens is 2. The van der Waals surface area contributed by atoms with Gasteiger partial charge in [0, 0.05) is 79.6 Å². The molecule has 4 amide bonds. The first kappa shape index (κ1) is 67.6. The van der Waals surface area contributed by atoms with E-state index in [1.807, 2.05) is 31.2 Å². The Morgan fingerprint density at radius 3 is 2.26 bits per heavy atom. The second kappa shape index (κ2) is 28.2.